The van der Waals surface area contributed by atoms with Gasteiger partial charge in [-0.2, -0.15) is 9.97 Å². The molecule has 0 aliphatic carbocycles. The van der Waals surface area contributed by atoms with E-state index in [0.29, 0.717) is 70.4 Å². The molecule has 7 aliphatic heterocycles. The van der Waals surface area contributed by atoms with Crippen molar-refractivity contribution >= 4 is 63.3 Å². The Kier molecular flexibility index (Phi) is 15.0. The topological polar surface area (TPSA) is 192 Å². The number of fused-ring (bicyclic) bond motifs is 6. The van der Waals surface area contributed by atoms with E-state index in [9.17, 15) is 28.4 Å². The van der Waals surface area contributed by atoms with Gasteiger partial charge in [-0.25, -0.2) is 8.78 Å². The molecule has 3 aromatic carbocycles. The summed E-state index contributed by atoms with van der Waals surface area (Å²) in [5.41, 5.74) is 2.68. The molecule has 5 atom stereocenters. The lowest BCUT2D eigenvalue weighted by molar-refractivity contribution is -0.136. The molecule has 2 bridgehead atoms. The largest absolute Gasteiger partial charge is 0.466 e. The monoisotopic (exact) mass is 1060 g/mol. The van der Waals surface area contributed by atoms with E-state index in [1.54, 1.807) is 42.6 Å². The Morgan fingerprint density at radius 1 is 0.949 bits per heavy atom. The van der Waals surface area contributed by atoms with Crippen LogP contribution in [0.2, 0.25) is 0 Å². The molecule has 406 valence electrons. The van der Waals surface area contributed by atoms with Crippen molar-refractivity contribution < 1.29 is 42.2 Å². The zero-order valence-electron chi connectivity index (χ0n) is 43.8. The fourth-order valence-electron chi connectivity index (χ4n) is 13.0. The summed E-state index contributed by atoms with van der Waals surface area (Å²) in [4.78, 5) is 82.0. The first-order valence-electron chi connectivity index (χ1n) is 27.3. The predicted molar refractivity (Wildman–Crippen MR) is 290 cm³/mol. The fraction of sp³-hybridized carbons (Fsp3) is 0.458. The summed E-state index contributed by atoms with van der Waals surface area (Å²) in [6.45, 7) is 10.6. The van der Waals surface area contributed by atoms with Gasteiger partial charge in [0.1, 0.15) is 42.1 Å². The molecule has 7 aliphatic rings. The molecule has 0 spiro atoms. The van der Waals surface area contributed by atoms with Gasteiger partial charge in [0, 0.05) is 73.6 Å². The zero-order chi connectivity index (χ0) is 54.2. The lowest BCUT2D eigenvalue weighted by Crippen LogP contribution is -2.54. The number of benzene rings is 3. The number of aromatic nitrogens is 3. The molecule has 19 heteroatoms. The van der Waals surface area contributed by atoms with E-state index < -0.39 is 35.4 Å². The highest BCUT2D eigenvalue weighted by Gasteiger charge is 2.51. The minimum absolute atomic E-state index is 0.0202. The van der Waals surface area contributed by atoms with E-state index >= 15 is 4.39 Å². The van der Waals surface area contributed by atoms with E-state index in [1.165, 1.54) is 44.8 Å². The summed E-state index contributed by atoms with van der Waals surface area (Å²) >= 11 is 0. The van der Waals surface area contributed by atoms with E-state index in [2.05, 4.69) is 60.2 Å². The van der Waals surface area contributed by atoms with Crippen LogP contribution < -0.4 is 25.6 Å². The number of ether oxygens (including phenoxy) is 2. The van der Waals surface area contributed by atoms with E-state index in [0.717, 1.165) is 80.2 Å². The van der Waals surface area contributed by atoms with Crippen molar-refractivity contribution in [3.8, 4) is 29.6 Å². The van der Waals surface area contributed by atoms with Crippen molar-refractivity contribution in [2.45, 2.75) is 107 Å². The van der Waals surface area contributed by atoms with Crippen LogP contribution in [-0.4, -0.2) is 149 Å². The average Bonchev–Trinajstić information content (AvgIpc) is 4.27. The highest BCUT2D eigenvalue weighted by molar-refractivity contribution is 6.23. The number of pyridine rings is 1. The third-order valence-corrected chi connectivity index (χ3v) is 17.0. The van der Waals surface area contributed by atoms with Crippen LogP contribution in [0.5, 0.6) is 6.01 Å². The number of rotatable bonds is 15. The molecule has 5 aromatic rings. The maximum Gasteiger partial charge on any atom is 0.319 e. The molecule has 3 N–H and O–H groups in total. The van der Waals surface area contributed by atoms with Gasteiger partial charge in [-0.1, -0.05) is 55.2 Å². The fourth-order valence-corrected chi connectivity index (χ4v) is 13.0. The summed E-state index contributed by atoms with van der Waals surface area (Å²) in [6.07, 6.45) is 18.2. The quantitative estimate of drug-likeness (QED) is 0.0327. The molecule has 6 saturated heterocycles. The molecule has 2 aromatic heterocycles. The first-order chi connectivity index (χ1) is 37.8. The third kappa shape index (κ3) is 10.3. The van der Waals surface area contributed by atoms with Crippen molar-refractivity contribution in [1.82, 2.24) is 40.3 Å². The van der Waals surface area contributed by atoms with Crippen LogP contribution in [-0.2, 0) is 19.1 Å². The molecule has 78 heavy (non-hydrogen) atoms. The van der Waals surface area contributed by atoms with Gasteiger partial charge in [-0.3, -0.25) is 44.1 Å². The Bertz CT molecular complexity index is 3260. The Morgan fingerprint density at radius 2 is 1.74 bits per heavy atom. The maximum absolute atomic E-state index is 16.8. The van der Waals surface area contributed by atoms with Crippen molar-refractivity contribution in [3.63, 3.8) is 0 Å². The van der Waals surface area contributed by atoms with Gasteiger partial charge in [0.15, 0.2) is 5.82 Å². The van der Waals surface area contributed by atoms with Crippen LogP contribution in [0.15, 0.2) is 66.9 Å². The normalized spacial score (nSPS) is 24.3. The standard InChI is InChI=1S/C36H34F2N6O3.C23H30N4O4/c1-3-26-29(37)10-7-22-5-4-6-27(30(22)26)32-31(38)33-28(14-39-32)34(43-16-23-8-9-24(17-43)40-23)42-35(41-33)47-19-36-12-11-25(18-46-20-45)44(36)15-21(2)13-36;1-26-12-9-15(10-13-26)4-2-3-11-24-16-5-6-17-18(14-16)23(31)27(22(17)30)19-7-8-20(28)25-21(19)29/h1,4-7,10,14,20,23-25,40H,2,8-9,11-13,15-19H2;5-6,14-15,19,24H,2-4,7-13H2,1H3,(H,25,28,29). The molecule has 12 rings (SSSR count). The van der Waals surface area contributed by atoms with Crippen molar-refractivity contribution in [3.05, 3.63) is 95.2 Å². The minimum atomic E-state index is -0.930. The molecular formula is C59H64F2N10O7. The Hall–Kier alpha value is -7.40. The molecule has 17 nitrogen and oxygen atoms in total. The number of amides is 4. The number of carbonyl (C=O) groups is 5. The summed E-state index contributed by atoms with van der Waals surface area (Å²) in [5.74, 6) is 0.720. The number of anilines is 2. The average molecular weight is 1060 g/mol. The van der Waals surface area contributed by atoms with E-state index in [1.807, 2.05) is 6.07 Å². The molecule has 0 radical (unpaired) electrons. The molecular weight excluding hydrogens is 999 g/mol. The number of nitrogens with one attached hydrogen (secondary N) is 3. The number of unbranched alkanes of at least 4 members (excludes halogenated alkanes) is 1. The number of hydrogen-bond acceptors (Lipinski definition) is 15. The second-order valence-corrected chi connectivity index (χ2v) is 22.1. The summed E-state index contributed by atoms with van der Waals surface area (Å²) < 4.78 is 43.2. The van der Waals surface area contributed by atoms with Crippen LogP contribution in [0, 0.1) is 29.9 Å². The molecule has 0 saturated carbocycles. The third-order valence-electron chi connectivity index (χ3n) is 17.0. The second-order valence-electron chi connectivity index (χ2n) is 22.1. The second kappa shape index (κ2) is 22.2. The van der Waals surface area contributed by atoms with Gasteiger partial charge in [-0.05, 0) is 113 Å². The number of terminal acetylenes is 1. The van der Waals surface area contributed by atoms with Crippen molar-refractivity contribution in [1.29, 1.82) is 0 Å². The van der Waals surface area contributed by atoms with E-state index in [-0.39, 0.29) is 59.7 Å². The highest BCUT2D eigenvalue weighted by Crippen LogP contribution is 2.45. The molecule has 6 fully saturated rings. The van der Waals surface area contributed by atoms with Crippen molar-refractivity contribution in [2.75, 3.05) is 69.7 Å². The Morgan fingerprint density at radius 3 is 2.51 bits per heavy atom. The number of likely N-dealkylation sites (tertiary alicyclic amines) is 1. The lowest BCUT2D eigenvalue weighted by atomic mass is 9.92. The Labute approximate surface area is 451 Å². The minimum Gasteiger partial charge on any atom is -0.466 e. The highest BCUT2D eigenvalue weighted by atomic mass is 19.1. The summed E-state index contributed by atoms with van der Waals surface area (Å²) in [6, 6.07) is 13.2. The zero-order valence-corrected chi connectivity index (χ0v) is 43.8. The van der Waals surface area contributed by atoms with Gasteiger partial charge in [-0.15, -0.1) is 6.42 Å². The number of carbonyl (C=O) groups excluding carboxylic acids is 5. The van der Waals surface area contributed by atoms with Gasteiger partial charge in [0.25, 0.3) is 18.3 Å². The Balaban J connectivity index is 0.000000181. The first kappa shape index (κ1) is 52.6. The molecule has 4 amide bonds. The lowest BCUT2D eigenvalue weighted by Gasteiger charge is -2.35. The van der Waals surface area contributed by atoms with Gasteiger partial charge >= 0.3 is 6.01 Å². The molecule has 9 heterocycles. The number of piperazine rings is 1. The summed E-state index contributed by atoms with van der Waals surface area (Å²) in [7, 11) is 2.18. The van der Waals surface area contributed by atoms with Crippen LogP contribution in [0.1, 0.15) is 103 Å². The maximum atomic E-state index is 16.8. The van der Waals surface area contributed by atoms with E-state index in [4.69, 9.17) is 20.9 Å². The number of halogens is 2. The smallest absolute Gasteiger partial charge is 0.319 e. The van der Waals surface area contributed by atoms with Gasteiger partial charge < -0.3 is 29.9 Å². The number of hydrogen-bond donors (Lipinski definition) is 3. The van der Waals surface area contributed by atoms with Gasteiger partial charge in [0.2, 0.25) is 11.8 Å². The van der Waals surface area contributed by atoms with Crippen LogP contribution in [0.4, 0.5) is 20.3 Å². The number of imide groups is 2. The summed E-state index contributed by atoms with van der Waals surface area (Å²) in [5, 5.41) is 10.8. The number of nitrogens with zero attached hydrogens (tertiary/aromatic N) is 7. The first-order valence-corrected chi connectivity index (χ1v) is 27.3. The van der Waals surface area contributed by atoms with Crippen LogP contribution in [0.3, 0.4) is 0 Å². The van der Waals surface area contributed by atoms with Crippen LogP contribution in [0.25, 0.3) is 32.9 Å². The predicted octanol–water partition coefficient (Wildman–Crippen LogP) is 6.77. The number of piperidine rings is 2. The van der Waals surface area contributed by atoms with Crippen LogP contribution >= 0.6 is 0 Å². The van der Waals surface area contributed by atoms with Gasteiger partial charge in [0.05, 0.1) is 27.6 Å². The van der Waals surface area contributed by atoms with Crippen molar-refractivity contribution in [2.24, 2.45) is 5.92 Å². The molecule has 5 unspecified atom stereocenters. The SMILES string of the molecule is C#Cc1c(F)ccc2cccc(-c3ncc4c(N5CC6CCC(C5)N6)nc(OCC56CCC(COC=O)N5CC(=C)C6)nc4c3F)c12.CN1CCC(CCCCNc2ccc3c(c2)C(=O)N(C2CCC(=O)NC2=O)C3=O)CC1.